The summed E-state index contributed by atoms with van der Waals surface area (Å²) in [4.78, 5) is 17.9. The number of nitrogens with zero attached hydrogens (tertiary/aromatic N) is 3. The summed E-state index contributed by atoms with van der Waals surface area (Å²) in [5.41, 5.74) is 5.95. The minimum absolute atomic E-state index is 0.0345. The summed E-state index contributed by atoms with van der Waals surface area (Å²) < 4.78 is 0. The molecule has 0 radical (unpaired) electrons. The van der Waals surface area contributed by atoms with Crippen molar-refractivity contribution < 1.29 is 10.0 Å². The number of hydrogen-bond acceptors (Lipinski definition) is 4. The lowest BCUT2D eigenvalue weighted by molar-refractivity contribution is 0.0703. The third-order valence-corrected chi connectivity index (χ3v) is 3.49. The van der Waals surface area contributed by atoms with Crippen molar-refractivity contribution in [3.63, 3.8) is 0 Å². The lowest BCUT2D eigenvalue weighted by Gasteiger charge is -2.31. The highest BCUT2D eigenvalue weighted by Gasteiger charge is 2.26. The molecule has 1 aliphatic rings. The van der Waals surface area contributed by atoms with E-state index < -0.39 is 0 Å². The predicted octanol–water partition coefficient (Wildman–Crippen LogP) is 1.33. The molecule has 0 bridgehead atoms. The molecular weight excluding hydrogens is 268 g/mol. The Morgan fingerprint density at radius 3 is 2.68 bits per heavy atom. The van der Waals surface area contributed by atoms with Gasteiger partial charge in [0.25, 0.3) is 5.91 Å². The predicted molar refractivity (Wildman–Crippen MR) is 71.3 cm³/mol. The largest absolute Gasteiger partial charge is 0.409 e. The molecule has 7 heteroatoms. The molecule has 1 aromatic rings. The maximum Gasteiger partial charge on any atom is 0.272 e. The Bertz CT molecular complexity index is 481. The zero-order valence-electron chi connectivity index (χ0n) is 10.3. The summed E-state index contributed by atoms with van der Waals surface area (Å²) in [5.74, 6) is 0.151. The zero-order valence-corrected chi connectivity index (χ0v) is 11.0. The monoisotopic (exact) mass is 282 g/mol. The Morgan fingerprint density at radius 1 is 1.47 bits per heavy atom. The van der Waals surface area contributed by atoms with Gasteiger partial charge < -0.3 is 15.8 Å². The summed E-state index contributed by atoms with van der Waals surface area (Å²) in [7, 11) is 0. The smallest absolute Gasteiger partial charge is 0.272 e. The Morgan fingerprint density at radius 2 is 2.16 bits per heavy atom. The van der Waals surface area contributed by atoms with Crippen LogP contribution in [0.3, 0.4) is 0 Å². The molecule has 3 N–H and O–H groups in total. The fraction of sp³-hybridized carbons (Fsp3) is 0.417. The maximum absolute atomic E-state index is 12.2. The molecule has 0 saturated carbocycles. The van der Waals surface area contributed by atoms with Crippen LogP contribution in [0.4, 0.5) is 0 Å². The van der Waals surface area contributed by atoms with Crippen molar-refractivity contribution in [3.8, 4) is 0 Å². The van der Waals surface area contributed by atoms with Crippen LogP contribution in [0, 0.1) is 5.92 Å². The molecule has 0 atom stereocenters. The molecule has 19 heavy (non-hydrogen) atoms. The van der Waals surface area contributed by atoms with Crippen molar-refractivity contribution in [2.75, 3.05) is 13.1 Å². The van der Waals surface area contributed by atoms with E-state index in [9.17, 15) is 4.79 Å². The van der Waals surface area contributed by atoms with Gasteiger partial charge in [0, 0.05) is 25.2 Å². The third kappa shape index (κ3) is 3.14. The molecule has 6 nitrogen and oxygen atoms in total. The molecule has 0 spiro atoms. The van der Waals surface area contributed by atoms with E-state index in [-0.39, 0.29) is 17.7 Å². The van der Waals surface area contributed by atoms with Crippen LogP contribution in [0.5, 0.6) is 0 Å². The molecule has 0 aromatic carbocycles. The van der Waals surface area contributed by atoms with Gasteiger partial charge in [-0.15, -0.1) is 0 Å². The summed E-state index contributed by atoms with van der Waals surface area (Å²) in [6.07, 6.45) is 2.84. The minimum Gasteiger partial charge on any atom is -0.409 e. The van der Waals surface area contributed by atoms with Crippen molar-refractivity contribution in [2.45, 2.75) is 12.8 Å². The number of pyridine rings is 1. The molecule has 2 heterocycles. The zero-order chi connectivity index (χ0) is 13.8. The quantitative estimate of drug-likeness (QED) is 0.370. The van der Waals surface area contributed by atoms with Gasteiger partial charge in [-0.05, 0) is 25.0 Å². The van der Waals surface area contributed by atoms with Gasteiger partial charge >= 0.3 is 0 Å². The van der Waals surface area contributed by atoms with Crippen molar-refractivity contribution in [2.24, 2.45) is 16.8 Å². The molecule has 0 aliphatic carbocycles. The number of carbonyl (C=O) groups excluding carboxylic acids is 1. The first-order chi connectivity index (χ1) is 9.11. The minimum atomic E-state index is -0.116. The standard InChI is InChI=1S/C12H15ClN4O2/c13-9-1-2-10(15-7-9)12(18)17-5-3-8(4-6-17)11(14)16-19/h1-2,7-8,19H,3-6H2,(H2,14,16). The first kappa shape index (κ1) is 13.6. The number of amidine groups is 1. The van der Waals surface area contributed by atoms with E-state index in [2.05, 4.69) is 10.1 Å². The van der Waals surface area contributed by atoms with Crippen LogP contribution in [-0.4, -0.2) is 39.9 Å². The van der Waals surface area contributed by atoms with E-state index in [1.54, 1.807) is 17.0 Å². The Balaban J connectivity index is 1.98. The number of halogens is 1. The summed E-state index contributed by atoms with van der Waals surface area (Å²) >= 11 is 5.73. The third-order valence-electron chi connectivity index (χ3n) is 3.26. The van der Waals surface area contributed by atoms with Crippen LogP contribution in [-0.2, 0) is 0 Å². The highest BCUT2D eigenvalue weighted by atomic mass is 35.5. The summed E-state index contributed by atoms with van der Waals surface area (Å²) in [5, 5.41) is 12.1. The van der Waals surface area contributed by atoms with Gasteiger partial charge in [0.1, 0.15) is 11.5 Å². The average Bonchev–Trinajstić information content (AvgIpc) is 2.46. The molecule has 2 rings (SSSR count). The van der Waals surface area contributed by atoms with Crippen molar-refractivity contribution in [1.29, 1.82) is 0 Å². The number of nitrogens with two attached hydrogens (primary N) is 1. The number of aromatic nitrogens is 1. The average molecular weight is 283 g/mol. The number of hydrogen-bond donors (Lipinski definition) is 2. The highest BCUT2D eigenvalue weighted by molar-refractivity contribution is 6.30. The number of likely N-dealkylation sites (tertiary alicyclic amines) is 1. The number of amides is 1. The molecule has 1 fully saturated rings. The van der Waals surface area contributed by atoms with Crippen LogP contribution in [0.1, 0.15) is 23.3 Å². The lowest BCUT2D eigenvalue weighted by atomic mass is 9.95. The van der Waals surface area contributed by atoms with Crippen molar-refractivity contribution >= 4 is 23.3 Å². The second-order valence-electron chi connectivity index (χ2n) is 4.45. The molecule has 1 aliphatic heterocycles. The summed E-state index contributed by atoms with van der Waals surface area (Å²) in [6.45, 7) is 1.15. The number of piperidine rings is 1. The molecule has 102 valence electrons. The molecule has 1 saturated heterocycles. The van der Waals surface area contributed by atoms with Crippen LogP contribution < -0.4 is 5.73 Å². The molecule has 1 amide bonds. The number of carbonyl (C=O) groups is 1. The fourth-order valence-corrected chi connectivity index (χ4v) is 2.24. The van der Waals surface area contributed by atoms with E-state index in [0.717, 1.165) is 0 Å². The van der Waals surface area contributed by atoms with E-state index >= 15 is 0 Å². The van der Waals surface area contributed by atoms with E-state index in [1.165, 1.54) is 6.20 Å². The SMILES string of the molecule is NC(=NO)C1CCN(C(=O)c2ccc(Cl)cn2)CC1. The van der Waals surface area contributed by atoms with Crippen LogP contribution in [0.2, 0.25) is 5.02 Å². The molecular formula is C12H15ClN4O2. The Labute approximate surface area is 115 Å². The van der Waals surface area contributed by atoms with Crippen LogP contribution in [0.15, 0.2) is 23.5 Å². The van der Waals surface area contributed by atoms with Crippen LogP contribution >= 0.6 is 11.6 Å². The van der Waals surface area contributed by atoms with Gasteiger partial charge in [-0.25, -0.2) is 4.98 Å². The second kappa shape index (κ2) is 5.88. The summed E-state index contributed by atoms with van der Waals surface area (Å²) in [6, 6.07) is 3.26. The van der Waals surface area contributed by atoms with E-state index in [0.29, 0.717) is 36.6 Å². The first-order valence-corrected chi connectivity index (χ1v) is 6.38. The van der Waals surface area contributed by atoms with Crippen molar-refractivity contribution in [1.82, 2.24) is 9.88 Å². The van der Waals surface area contributed by atoms with Gasteiger partial charge in [0.05, 0.1) is 5.02 Å². The van der Waals surface area contributed by atoms with E-state index in [4.69, 9.17) is 22.5 Å². The van der Waals surface area contributed by atoms with Crippen molar-refractivity contribution in [3.05, 3.63) is 29.0 Å². The van der Waals surface area contributed by atoms with Gasteiger partial charge in [-0.3, -0.25) is 4.79 Å². The Kier molecular flexibility index (Phi) is 4.21. The molecule has 0 unspecified atom stereocenters. The highest BCUT2D eigenvalue weighted by Crippen LogP contribution is 2.19. The van der Waals surface area contributed by atoms with Gasteiger partial charge in [-0.1, -0.05) is 16.8 Å². The van der Waals surface area contributed by atoms with Crippen LogP contribution in [0.25, 0.3) is 0 Å². The second-order valence-corrected chi connectivity index (χ2v) is 4.89. The normalized spacial score (nSPS) is 17.5. The first-order valence-electron chi connectivity index (χ1n) is 6.00. The molecule has 1 aromatic heterocycles. The maximum atomic E-state index is 12.2. The topological polar surface area (TPSA) is 91.8 Å². The Hall–Kier alpha value is -1.82. The lowest BCUT2D eigenvalue weighted by Crippen LogP contribution is -2.42. The van der Waals surface area contributed by atoms with Gasteiger partial charge in [0.2, 0.25) is 0 Å². The van der Waals surface area contributed by atoms with E-state index in [1.807, 2.05) is 0 Å². The number of rotatable bonds is 2. The number of oxime groups is 1. The van der Waals surface area contributed by atoms with Gasteiger partial charge in [0.15, 0.2) is 0 Å². The fourth-order valence-electron chi connectivity index (χ4n) is 2.12. The van der Waals surface area contributed by atoms with Gasteiger partial charge in [-0.2, -0.15) is 0 Å².